The Morgan fingerprint density at radius 1 is 1.13 bits per heavy atom. The van der Waals surface area contributed by atoms with Gasteiger partial charge in [0.2, 0.25) is 0 Å². The van der Waals surface area contributed by atoms with Gasteiger partial charge in [-0.2, -0.15) is 18.3 Å². The van der Waals surface area contributed by atoms with E-state index in [0.717, 1.165) is 25.6 Å². The number of alkyl halides is 3. The van der Waals surface area contributed by atoms with Crippen molar-refractivity contribution in [3.05, 3.63) is 75.3 Å². The average Bonchev–Trinajstić information content (AvgIpc) is 2.87. The van der Waals surface area contributed by atoms with E-state index in [1.54, 1.807) is 17.2 Å². The Balaban J connectivity index is 0.000000352. The molecule has 38 heavy (non-hydrogen) atoms. The van der Waals surface area contributed by atoms with Crippen molar-refractivity contribution in [1.82, 2.24) is 25.1 Å². The number of aromatic nitrogens is 4. The molecule has 204 valence electrons. The number of nitrogens with one attached hydrogen (secondary N) is 1. The number of aldehydes is 1. The molecule has 0 aliphatic heterocycles. The van der Waals surface area contributed by atoms with Crippen LogP contribution in [0.15, 0.2) is 41.7 Å². The topological polar surface area (TPSA) is 138 Å². The average molecular weight is 537 g/mol. The second-order valence-electron chi connectivity index (χ2n) is 8.18. The van der Waals surface area contributed by atoms with Gasteiger partial charge in [0, 0.05) is 37.1 Å². The minimum Gasteiger partial charge on any atom is -0.397 e. The first-order valence-electron chi connectivity index (χ1n) is 11.5. The van der Waals surface area contributed by atoms with Crippen LogP contribution in [0.4, 0.5) is 23.2 Å². The number of carbonyl (C=O) groups is 1. The van der Waals surface area contributed by atoms with E-state index in [4.69, 9.17) is 10.8 Å². The molecule has 0 saturated carbocycles. The van der Waals surface area contributed by atoms with E-state index in [1.165, 1.54) is 24.9 Å². The number of aromatic amines is 1. The predicted octanol–water partition coefficient (Wildman–Crippen LogP) is 4.05. The number of unbranched alkanes of at least 4 members (excludes halogenated alkanes) is 2. The van der Waals surface area contributed by atoms with Crippen LogP contribution < -0.4 is 11.3 Å². The van der Waals surface area contributed by atoms with Crippen LogP contribution >= 0.6 is 0 Å². The van der Waals surface area contributed by atoms with Crippen LogP contribution in [-0.2, 0) is 12.8 Å². The summed E-state index contributed by atoms with van der Waals surface area (Å²) in [5, 5.41) is 13.8. The second kappa shape index (κ2) is 14.0. The number of hydrogen-bond acceptors (Lipinski definition) is 8. The molecule has 0 aliphatic rings. The minimum atomic E-state index is -4.74. The number of benzene rings is 1. The van der Waals surface area contributed by atoms with E-state index in [2.05, 4.69) is 22.0 Å². The number of nitrogens with two attached hydrogens (primary N) is 1. The van der Waals surface area contributed by atoms with Crippen molar-refractivity contribution in [2.75, 3.05) is 19.3 Å². The number of H-pyrrole nitrogens is 1. The third-order valence-corrected chi connectivity index (χ3v) is 5.22. The Hall–Kier alpha value is -4.13. The molecule has 9 nitrogen and oxygen atoms in total. The monoisotopic (exact) mass is 536 g/mol. The highest BCUT2D eigenvalue weighted by Gasteiger charge is 2.36. The van der Waals surface area contributed by atoms with Crippen LogP contribution in [0.1, 0.15) is 53.2 Å². The maximum absolute atomic E-state index is 14.4. The molecule has 4 N–H and O–H groups in total. The summed E-state index contributed by atoms with van der Waals surface area (Å²) in [6.45, 7) is 2.90. The van der Waals surface area contributed by atoms with E-state index in [0.29, 0.717) is 17.4 Å². The van der Waals surface area contributed by atoms with E-state index in [-0.39, 0.29) is 23.6 Å². The molecule has 0 unspecified atom stereocenters. The molecule has 13 heteroatoms. The molecule has 2 aromatic heterocycles. The Morgan fingerprint density at radius 2 is 1.82 bits per heavy atom. The summed E-state index contributed by atoms with van der Waals surface area (Å²) in [7, 11) is 1.97. The van der Waals surface area contributed by atoms with Crippen LogP contribution in [0.3, 0.4) is 0 Å². The third-order valence-electron chi connectivity index (χ3n) is 5.22. The first kappa shape index (κ1) is 30.1. The number of nitrogen functional groups attached to an aromatic ring is 1. The normalized spacial score (nSPS) is 11.2. The number of carbonyl (C=O) groups excluding carboxylic acids is 1. The molecular formula is C25H28F4N6O3. The molecule has 0 spiro atoms. The standard InChI is InChI=1S/C20H24FN3O2.C5H4F3N3O/c1-3-4-5-7-24(2)8-6-16-9-18(19(21)10-17(16)14-26)20-22-11-15(13-25)12-23-20;6-5(7,8)3-2(9)1-10-11-4(3)12/h6,8-12,14,25H,3-5,7,13H2,1-2H3;1H,(H3,9,11,12)/b8-6-;. The molecule has 0 bridgehead atoms. The first-order valence-corrected chi connectivity index (χ1v) is 11.5. The van der Waals surface area contributed by atoms with Crippen LogP contribution in [0.5, 0.6) is 0 Å². The van der Waals surface area contributed by atoms with Gasteiger partial charge in [-0.3, -0.25) is 9.59 Å². The first-order chi connectivity index (χ1) is 18.0. The molecular weight excluding hydrogens is 508 g/mol. The van der Waals surface area contributed by atoms with Gasteiger partial charge in [0.15, 0.2) is 12.1 Å². The summed E-state index contributed by atoms with van der Waals surface area (Å²) in [6, 6.07) is 2.77. The summed E-state index contributed by atoms with van der Waals surface area (Å²) in [4.78, 5) is 32.1. The van der Waals surface area contributed by atoms with E-state index in [9.17, 15) is 27.2 Å². The third kappa shape index (κ3) is 8.47. The van der Waals surface area contributed by atoms with Crippen molar-refractivity contribution in [3.8, 4) is 11.4 Å². The minimum absolute atomic E-state index is 0.175. The van der Waals surface area contributed by atoms with Gasteiger partial charge in [-0.15, -0.1) is 0 Å². The Kier molecular flexibility index (Phi) is 11.1. The Bertz CT molecular complexity index is 1290. The number of rotatable bonds is 9. The van der Waals surface area contributed by atoms with Crippen LogP contribution in [0, 0.1) is 5.82 Å². The molecule has 1 aromatic carbocycles. The van der Waals surface area contributed by atoms with Gasteiger partial charge < -0.3 is 15.7 Å². The van der Waals surface area contributed by atoms with Crippen molar-refractivity contribution >= 4 is 18.0 Å². The maximum atomic E-state index is 14.4. The maximum Gasteiger partial charge on any atom is 0.423 e. The molecule has 2 heterocycles. The molecule has 3 aromatic rings. The molecule has 3 rings (SSSR count). The van der Waals surface area contributed by atoms with Crippen molar-refractivity contribution in [1.29, 1.82) is 0 Å². The van der Waals surface area contributed by atoms with Crippen molar-refractivity contribution in [2.45, 2.75) is 39.0 Å². The SMILES string of the molecule is CCCCCN(C)/C=C\c1cc(-c2ncc(CO)cn2)c(F)cc1C=O.Nc1cn[nH]c(=O)c1C(F)(F)F. The van der Waals surface area contributed by atoms with Crippen LogP contribution in [0.25, 0.3) is 17.5 Å². The van der Waals surface area contributed by atoms with Crippen LogP contribution in [0.2, 0.25) is 0 Å². The molecule has 0 saturated heterocycles. The molecule has 0 amide bonds. The van der Waals surface area contributed by atoms with Gasteiger partial charge >= 0.3 is 6.18 Å². The number of aliphatic hydroxyl groups is 1. The van der Waals surface area contributed by atoms with Crippen molar-refractivity contribution in [3.63, 3.8) is 0 Å². The highest BCUT2D eigenvalue weighted by molar-refractivity contribution is 5.84. The second-order valence-corrected chi connectivity index (χ2v) is 8.18. The lowest BCUT2D eigenvalue weighted by molar-refractivity contribution is -0.138. The molecule has 0 fully saturated rings. The zero-order valence-electron chi connectivity index (χ0n) is 20.8. The smallest absolute Gasteiger partial charge is 0.397 e. The fraction of sp³-hybridized carbons (Fsp3) is 0.320. The van der Waals surface area contributed by atoms with E-state index in [1.807, 2.05) is 18.1 Å². The zero-order valence-corrected chi connectivity index (χ0v) is 20.8. The van der Waals surface area contributed by atoms with Gasteiger partial charge in [0.25, 0.3) is 5.56 Å². The molecule has 0 radical (unpaired) electrons. The molecule has 0 atom stereocenters. The van der Waals surface area contributed by atoms with Gasteiger partial charge in [-0.25, -0.2) is 19.5 Å². The van der Waals surface area contributed by atoms with E-state index >= 15 is 0 Å². The van der Waals surface area contributed by atoms with Gasteiger partial charge in [0.05, 0.1) is 24.1 Å². The van der Waals surface area contributed by atoms with Gasteiger partial charge in [0.1, 0.15) is 11.4 Å². The van der Waals surface area contributed by atoms with Gasteiger partial charge in [-0.05, 0) is 36.4 Å². The largest absolute Gasteiger partial charge is 0.423 e. The lowest BCUT2D eigenvalue weighted by Crippen LogP contribution is -2.24. The Labute approximate surface area is 216 Å². The number of nitrogens with zero attached hydrogens (tertiary/aromatic N) is 4. The summed E-state index contributed by atoms with van der Waals surface area (Å²) < 4.78 is 50.3. The fourth-order valence-electron chi connectivity index (χ4n) is 3.20. The highest BCUT2D eigenvalue weighted by atomic mass is 19.4. The summed E-state index contributed by atoms with van der Waals surface area (Å²) in [5.41, 5.74) is 3.14. The molecule has 0 aliphatic carbocycles. The van der Waals surface area contributed by atoms with Crippen LogP contribution in [-0.4, -0.2) is 50.1 Å². The van der Waals surface area contributed by atoms with Crippen molar-refractivity contribution in [2.24, 2.45) is 0 Å². The quantitative estimate of drug-likeness (QED) is 0.212. The Morgan fingerprint density at radius 3 is 2.34 bits per heavy atom. The highest BCUT2D eigenvalue weighted by Crippen LogP contribution is 2.29. The summed E-state index contributed by atoms with van der Waals surface area (Å²) in [5.74, 6) is -0.347. The predicted molar refractivity (Wildman–Crippen MR) is 134 cm³/mol. The summed E-state index contributed by atoms with van der Waals surface area (Å²) in [6.07, 6.45) is 6.64. The fourth-order valence-corrected chi connectivity index (χ4v) is 3.20. The number of halogens is 4. The van der Waals surface area contributed by atoms with Gasteiger partial charge in [-0.1, -0.05) is 19.8 Å². The van der Waals surface area contributed by atoms with E-state index < -0.39 is 28.8 Å². The lowest BCUT2D eigenvalue weighted by Gasteiger charge is -2.13. The lowest BCUT2D eigenvalue weighted by atomic mass is 10.0. The zero-order chi connectivity index (χ0) is 28.3. The number of hydrogen-bond donors (Lipinski definition) is 3. The van der Waals surface area contributed by atoms with Crippen molar-refractivity contribution < 1.29 is 27.5 Å². The number of aliphatic hydroxyl groups excluding tert-OH is 1. The summed E-state index contributed by atoms with van der Waals surface area (Å²) >= 11 is 0. The number of anilines is 1.